The highest BCUT2D eigenvalue weighted by molar-refractivity contribution is 5.94. The van der Waals surface area contributed by atoms with Crippen molar-refractivity contribution in [1.82, 2.24) is 9.97 Å². The Morgan fingerprint density at radius 3 is 2.79 bits per heavy atom. The first-order valence-corrected chi connectivity index (χ1v) is 4.68. The maximum absolute atomic E-state index is 11.8. The van der Waals surface area contributed by atoms with Crippen molar-refractivity contribution in [3.05, 3.63) is 23.8 Å². The molecule has 1 aromatic heterocycles. The van der Waals surface area contributed by atoms with Gasteiger partial charge >= 0.3 is 0 Å². The summed E-state index contributed by atoms with van der Waals surface area (Å²) in [5.74, 6) is 0.270. The van der Waals surface area contributed by atoms with Gasteiger partial charge in [-0.1, -0.05) is 0 Å². The van der Waals surface area contributed by atoms with Gasteiger partial charge in [-0.15, -0.1) is 0 Å². The minimum atomic E-state index is -0.0438. The van der Waals surface area contributed by atoms with E-state index in [1.165, 1.54) is 0 Å². The van der Waals surface area contributed by atoms with Gasteiger partial charge in [-0.05, 0) is 18.9 Å². The van der Waals surface area contributed by atoms with Gasteiger partial charge in [0.15, 0.2) is 5.82 Å². The van der Waals surface area contributed by atoms with Crippen LogP contribution in [0.1, 0.15) is 22.6 Å². The van der Waals surface area contributed by atoms with Crippen molar-refractivity contribution in [3.63, 3.8) is 0 Å². The lowest BCUT2D eigenvalue weighted by molar-refractivity contribution is 0.0889. The van der Waals surface area contributed by atoms with Crippen LogP contribution in [-0.2, 0) is 4.74 Å². The Bertz CT molecular complexity index is 328. The van der Waals surface area contributed by atoms with Gasteiger partial charge in [-0.2, -0.15) is 0 Å². The topological polar surface area (TPSA) is 52.1 Å². The Kier molecular flexibility index (Phi) is 2.54. The van der Waals surface area contributed by atoms with Crippen molar-refractivity contribution >= 4 is 5.78 Å². The molecular weight excluding hydrogens is 180 g/mol. The second-order valence-corrected chi connectivity index (χ2v) is 3.51. The minimum Gasteiger partial charge on any atom is -0.381 e. The van der Waals surface area contributed by atoms with Crippen LogP contribution in [0.5, 0.6) is 0 Å². The summed E-state index contributed by atoms with van der Waals surface area (Å²) in [5, 5.41) is 0. The number of hydrogen-bond acceptors (Lipinski definition) is 4. The zero-order chi connectivity index (χ0) is 9.97. The summed E-state index contributed by atoms with van der Waals surface area (Å²) < 4.78 is 5.15. The average molecular weight is 192 g/mol. The Labute approximate surface area is 82.3 Å². The molecule has 1 aromatic rings. The molecule has 1 aliphatic rings. The number of rotatable bonds is 2. The molecule has 0 aromatic carbocycles. The normalized spacial score (nSPS) is 21.1. The van der Waals surface area contributed by atoms with Gasteiger partial charge < -0.3 is 4.74 Å². The molecule has 1 saturated heterocycles. The summed E-state index contributed by atoms with van der Waals surface area (Å²) in [4.78, 5) is 19.8. The molecular formula is C10H12N2O2. The molecule has 0 aliphatic carbocycles. The number of hydrogen-bond donors (Lipinski definition) is 0. The number of ether oxygens (including phenoxy) is 1. The lowest BCUT2D eigenvalue weighted by atomic mass is 10.0. The van der Waals surface area contributed by atoms with Crippen LogP contribution < -0.4 is 0 Å². The Balaban J connectivity index is 2.14. The van der Waals surface area contributed by atoms with E-state index in [2.05, 4.69) is 9.97 Å². The maximum atomic E-state index is 11.8. The van der Waals surface area contributed by atoms with E-state index in [4.69, 9.17) is 4.74 Å². The Hall–Kier alpha value is -1.29. The smallest absolute Gasteiger partial charge is 0.205 e. The van der Waals surface area contributed by atoms with Crippen LogP contribution in [0.4, 0.5) is 0 Å². The third-order valence-corrected chi connectivity index (χ3v) is 2.30. The monoisotopic (exact) mass is 192 g/mol. The largest absolute Gasteiger partial charge is 0.381 e. The molecule has 0 spiro atoms. The Morgan fingerprint density at radius 1 is 1.50 bits per heavy atom. The van der Waals surface area contributed by atoms with Gasteiger partial charge in [-0.3, -0.25) is 4.79 Å². The molecule has 0 radical (unpaired) electrons. The Morgan fingerprint density at radius 2 is 2.21 bits per heavy atom. The molecule has 2 heterocycles. The van der Waals surface area contributed by atoms with Crippen LogP contribution in [0.15, 0.2) is 12.4 Å². The lowest BCUT2D eigenvalue weighted by Gasteiger charge is -2.04. The molecule has 0 saturated carbocycles. The van der Waals surface area contributed by atoms with Crippen LogP contribution in [0, 0.1) is 12.8 Å². The van der Waals surface area contributed by atoms with Crippen LogP contribution in [-0.4, -0.2) is 29.0 Å². The molecule has 0 amide bonds. The lowest BCUT2D eigenvalue weighted by Crippen LogP contribution is -2.17. The summed E-state index contributed by atoms with van der Waals surface area (Å²) in [5.41, 5.74) is 0.962. The number of nitrogens with zero attached hydrogens (tertiary/aromatic N) is 2. The predicted molar refractivity (Wildman–Crippen MR) is 50.0 cm³/mol. The number of aromatic nitrogens is 2. The highest BCUT2D eigenvalue weighted by Gasteiger charge is 2.26. The first-order valence-electron chi connectivity index (χ1n) is 4.68. The molecule has 0 bridgehead atoms. The van der Waals surface area contributed by atoms with E-state index in [-0.39, 0.29) is 11.7 Å². The van der Waals surface area contributed by atoms with Crippen molar-refractivity contribution in [2.75, 3.05) is 13.2 Å². The van der Waals surface area contributed by atoms with E-state index >= 15 is 0 Å². The number of carbonyl (C=O) groups is 1. The van der Waals surface area contributed by atoms with E-state index in [0.717, 1.165) is 12.0 Å². The summed E-state index contributed by atoms with van der Waals surface area (Å²) in [7, 11) is 0. The molecule has 14 heavy (non-hydrogen) atoms. The van der Waals surface area contributed by atoms with Gasteiger partial charge in [0.05, 0.1) is 12.5 Å². The summed E-state index contributed by atoms with van der Waals surface area (Å²) in [6.07, 6.45) is 4.11. The van der Waals surface area contributed by atoms with E-state index in [1.807, 2.05) is 6.92 Å². The molecule has 4 heteroatoms. The SMILES string of the molecule is Cc1cnc(C(=O)C2CCOC2)nc1. The summed E-state index contributed by atoms with van der Waals surface area (Å²) in [6.45, 7) is 3.07. The highest BCUT2D eigenvalue weighted by atomic mass is 16.5. The number of aryl methyl sites for hydroxylation is 1. The zero-order valence-corrected chi connectivity index (χ0v) is 8.06. The van der Waals surface area contributed by atoms with E-state index in [1.54, 1.807) is 12.4 Å². The molecule has 1 aliphatic heterocycles. The summed E-state index contributed by atoms with van der Waals surface area (Å²) >= 11 is 0. The van der Waals surface area contributed by atoms with Crippen LogP contribution >= 0.6 is 0 Å². The van der Waals surface area contributed by atoms with Crippen molar-refractivity contribution in [3.8, 4) is 0 Å². The number of Topliss-reactive ketones (excluding diaryl/α,β-unsaturated/α-hetero) is 1. The van der Waals surface area contributed by atoms with Gasteiger partial charge in [-0.25, -0.2) is 9.97 Å². The van der Waals surface area contributed by atoms with Crippen molar-refractivity contribution < 1.29 is 9.53 Å². The predicted octanol–water partition coefficient (Wildman–Crippen LogP) is 1.00. The number of carbonyl (C=O) groups excluding carboxylic acids is 1. The zero-order valence-electron chi connectivity index (χ0n) is 8.06. The third-order valence-electron chi connectivity index (χ3n) is 2.30. The molecule has 4 nitrogen and oxygen atoms in total. The van der Waals surface area contributed by atoms with E-state index in [9.17, 15) is 4.79 Å². The van der Waals surface area contributed by atoms with E-state index in [0.29, 0.717) is 19.0 Å². The fourth-order valence-corrected chi connectivity index (χ4v) is 1.44. The third kappa shape index (κ3) is 1.80. The average Bonchev–Trinajstić information content (AvgIpc) is 2.71. The quantitative estimate of drug-likeness (QED) is 0.656. The van der Waals surface area contributed by atoms with Crippen LogP contribution in [0.3, 0.4) is 0 Å². The second kappa shape index (κ2) is 3.84. The fraction of sp³-hybridized carbons (Fsp3) is 0.500. The van der Waals surface area contributed by atoms with Crippen molar-refractivity contribution in [2.45, 2.75) is 13.3 Å². The standard InChI is InChI=1S/C10H12N2O2/c1-7-4-11-10(12-5-7)9(13)8-2-3-14-6-8/h4-5,8H,2-3,6H2,1H3. The van der Waals surface area contributed by atoms with Crippen LogP contribution in [0.25, 0.3) is 0 Å². The molecule has 1 fully saturated rings. The highest BCUT2D eigenvalue weighted by Crippen LogP contribution is 2.16. The summed E-state index contributed by atoms with van der Waals surface area (Å²) in [6, 6.07) is 0. The van der Waals surface area contributed by atoms with E-state index < -0.39 is 0 Å². The van der Waals surface area contributed by atoms with Gasteiger partial charge in [0.2, 0.25) is 5.78 Å². The molecule has 74 valence electrons. The minimum absolute atomic E-state index is 0.00231. The van der Waals surface area contributed by atoms with Crippen molar-refractivity contribution in [1.29, 1.82) is 0 Å². The molecule has 2 rings (SSSR count). The fourth-order valence-electron chi connectivity index (χ4n) is 1.44. The van der Waals surface area contributed by atoms with Gasteiger partial charge in [0.1, 0.15) is 0 Å². The molecule has 0 N–H and O–H groups in total. The van der Waals surface area contributed by atoms with Gasteiger partial charge in [0, 0.05) is 19.0 Å². The van der Waals surface area contributed by atoms with Crippen LogP contribution in [0.2, 0.25) is 0 Å². The molecule has 1 atom stereocenters. The second-order valence-electron chi connectivity index (χ2n) is 3.51. The first kappa shape index (κ1) is 9.27. The maximum Gasteiger partial charge on any atom is 0.205 e. The first-order chi connectivity index (χ1) is 6.77. The van der Waals surface area contributed by atoms with Crippen molar-refractivity contribution in [2.24, 2.45) is 5.92 Å². The number of ketones is 1. The molecule has 1 unspecified atom stereocenters. The van der Waals surface area contributed by atoms with Gasteiger partial charge in [0.25, 0.3) is 0 Å².